The number of benzene rings is 2. The molecule has 0 amide bonds. The standard InChI is InChI=1S/C25H29ClN4.2ClH/c1-16(2)18-10-13-22-21(15-18)25(20-5-3-4-6-23(20)30-27)29-24(28-22)14-9-17-7-11-19(26)12-8-17;;/h7-16,20,23,30H,3-6,27H2,1-2H3;2*1H/b14-9-;;. The van der Waals surface area contributed by atoms with Crippen molar-refractivity contribution in [2.24, 2.45) is 5.84 Å². The van der Waals surface area contributed by atoms with E-state index in [0.717, 1.165) is 45.8 Å². The number of nitrogens with zero attached hydrogens (tertiary/aromatic N) is 2. The van der Waals surface area contributed by atoms with E-state index < -0.39 is 0 Å². The van der Waals surface area contributed by atoms with Crippen molar-refractivity contribution in [1.82, 2.24) is 15.4 Å². The minimum Gasteiger partial charge on any atom is -0.271 e. The van der Waals surface area contributed by atoms with E-state index in [9.17, 15) is 0 Å². The Kier molecular flexibility index (Phi) is 9.93. The lowest BCUT2D eigenvalue weighted by Gasteiger charge is -2.31. The number of halogens is 3. The van der Waals surface area contributed by atoms with E-state index in [0.29, 0.717) is 11.8 Å². The summed E-state index contributed by atoms with van der Waals surface area (Å²) < 4.78 is 0. The molecular formula is C25H31Cl3N4. The van der Waals surface area contributed by atoms with Crippen molar-refractivity contribution in [3.05, 3.63) is 70.1 Å². The maximum atomic E-state index is 6.00. The van der Waals surface area contributed by atoms with Gasteiger partial charge in [0.05, 0.1) is 11.2 Å². The SMILES string of the molecule is CC(C)c1ccc2nc(/C=C\c3ccc(Cl)cc3)nc(C3CCCCC3NN)c2c1.Cl.Cl. The van der Waals surface area contributed by atoms with Gasteiger partial charge in [0.15, 0.2) is 5.82 Å². The van der Waals surface area contributed by atoms with Crippen LogP contribution in [-0.4, -0.2) is 16.0 Å². The van der Waals surface area contributed by atoms with E-state index in [1.54, 1.807) is 0 Å². The average molecular weight is 494 g/mol. The van der Waals surface area contributed by atoms with Crippen molar-refractivity contribution in [3.63, 3.8) is 0 Å². The van der Waals surface area contributed by atoms with E-state index in [-0.39, 0.29) is 30.9 Å². The van der Waals surface area contributed by atoms with Crippen LogP contribution in [0.15, 0.2) is 42.5 Å². The number of hydrazine groups is 1. The van der Waals surface area contributed by atoms with Crippen LogP contribution in [0.5, 0.6) is 0 Å². The maximum absolute atomic E-state index is 6.00. The molecule has 1 aromatic heterocycles. The first-order valence-electron chi connectivity index (χ1n) is 10.8. The Hall–Kier alpha value is -1.69. The van der Waals surface area contributed by atoms with Crippen LogP contribution < -0.4 is 11.3 Å². The Morgan fingerprint density at radius 1 is 1.00 bits per heavy atom. The zero-order valence-electron chi connectivity index (χ0n) is 18.4. The summed E-state index contributed by atoms with van der Waals surface area (Å²) in [5, 5.41) is 1.88. The highest BCUT2D eigenvalue weighted by Crippen LogP contribution is 2.36. The van der Waals surface area contributed by atoms with Gasteiger partial charge in [-0.15, -0.1) is 24.8 Å². The summed E-state index contributed by atoms with van der Waals surface area (Å²) in [6, 6.07) is 14.6. The molecule has 2 unspecified atom stereocenters. The van der Waals surface area contributed by atoms with Gasteiger partial charge in [-0.3, -0.25) is 11.3 Å². The van der Waals surface area contributed by atoms with Gasteiger partial charge < -0.3 is 0 Å². The first kappa shape index (κ1) is 26.6. The monoisotopic (exact) mass is 492 g/mol. The van der Waals surface area contributed by atoms with Crippen LogP contribution in [0.1, 0.15) is 74.0 Å². The number of aromatic nitrogens is 2. The third kappa shape index (κ3) is 6.00. The molecule has 1 aliphatic carbocycles. The molecular weight excluding hydrogens is 463 g/mol. The molecule has 0 saturated heterocycles. The molecule has 2 aromatic carbocycles. The number of fused-ring (bicyclic) bond motifs is 1. The maximum Gasteiger partial charge on any atom is 0.152 e. The fourth-order valence-electron chi connectivity index (χ4n) is 4.31. The molecule has 4 nitrogen and oxygen atoms in total. The second kappa shape index (κ2) is 12.0. The summed E-state index contributed by atoms with van der Waals surface area (Å²) >= 11 is 6.00. The van der Waals surface area contributed by atoms with Gasteiger partial charge in [-0.25, -0.2) is 9.97 Å². The summed E-state index contributed by atoms with van der Waals surface area (Å²) in [6.45, 7) is 4.44. The minimum atomic E-state index is 0. The molecule has 1 aliphatic rings. The van der Waals surface area contributed by atoms with Gasteiger partial charge in [0.2, 0.25) is 0 Å². The topological polar surface area (TPSA) is 63.8 Å². The molecule has 1 fully saturated rings. The summed E-state index contributed by atoms with van der Waals surface area (Å²) in [5.41, 5.74) is 7.52. The molecule has 172 valence electrons. The highest BCUT2D eigenvalue weighted by Gasteiger charge is 2.28. The largest absolute Gasteiger partial charge is 0.271 e. The Morgan fingerprint density at radius 2 is 1.72 bits per heavy atom. The molecule has 1 heterocycles. The normalized spacial score (nSPS) is 18.5. The van der Waals surface area contributed by atoms with Gasteiger partial charge in [-0.1, -0.05) is 62.6 Å². The Labute approximate surface area is 207 Å². The first-order chi connectivity index (χ1) is 14.5. The Balaban J connectivity index is 0.00000181. The molecule has 7 heteroatoms. The summed E-state index contributed by atoms with van der Waals surface area (Å²) in [4.78, 5) is 9.88. The van der Waals surface area contributed by atoms with Crippen molar-refractivity contribution in [1.29, 1.82) is 0 Å². The van der Waals surface area contributed by atoms with Gasteiger partial charge in [0, 0.05) is 22.4 Å². The van der Waals surface area contributed by atoms with Crippen molar-refractivity contribution in [2.45, 2.75) is 57.4 Å². The number of rotatable bonds is 5. The van der Waals surface area contributed by atoms with Crippen LogP contribution in [0.2, 0.25) is 5.02 Å². The van der Waals surface area contributed by atoms with Crippen molar-refractivity contribution < 1.29 is 0 Å². The van der Waals surface area contributed by atoms with E-state index >= 15 is 0 Å². The van der Waals surface area contributed by atoms with Gasteiger partial charge in [0.25, 0.3) is 0 Å². The lowest BCUT2D eigenvalue weighted by atomic mass is 9.81. The van der Waals surface area contributed by atoms with Crippen molar-refractivity contribution in [3.8, 4) is 0 Å². The van der Waals surface area contributed by atoms with Crippen LogP contribution in [0.3, 0.4) is 0 Å². The molecule has 2 atom stereocenters. The van der Waals surface area contributed by atoms with Crippen LogP contribution in [0.4, 0.5) is 0 Å². The van der Waals surface area contributed by atoms with Crippen molar-refractivity contribution >= 4 is 59.5 Å². The summed E-state index contributed by atoms with van der Waals surface area (Å²) in [6.07, 6.45) is 8.59. The Bertz CT molecular complexity index is 1050. The van der Waals surface area contributed by atoms with E-state index in [1.807, 2.05) is 36.4 Å². The molecule has 0 radical (unpaired) electrons. The second-order valence-electron chi connectivity index (χ2n) is 8.45. The minimum absolute atomic E-state index is 0. The molecule has 3 N–H and O–H groups in total. The van der Waals surface area contributed by atoms with E-state index in [2.05, 4.69) is 37.5 Å². The third-order valence-electron chi connectivity index (χ3n) is 6.06. The van der Waals surface area contributed by atoms with Crippen molar-refractivity contribution in [2.75, 3.05) is 0 Å². The van der Waals surface area contributed by atoms with Crippen LogP contribution in [0, 0.1) is 0 Å². The number of hydrogen-bond acceptors (Lipinski definition) is 4. The molecule has 3 aromatic rings. The molecule has 4 rings (SSSR count). The lowest BCUT2D eigenvalue weighted by molar-refractivity contribution is 0.328. The molecule has 1 saturated carbocycles. The van der Waals surface area contributed by atoms with Gasteiger partial charge >= 0.3 is 0 Å². The van der Waals surface area contributed by atoms with Crippen LogP contribution >= 0.6 is 36.4 Å². The summed E-state index contributed by atoms with van der Waals surface area (Å²) in [5.74, 6) is 7.40. The van der Waals surface area contributed by atoms with Crippen LogP contribution in [-0.2, 0) is 0 Å². The zero-order valence-corrected chi connectivity index (χ0v) is 20.8. The van der Waals surface area contributed by atoms with E-state index in [4.69, 9.17) is 27.4 Å². The number of hydrogen-bond donors (Lipinski definition) is 2. The molecule has 32 heavy (non-hydrogen) atoms. The highest BCUT2D eigenvalue weighted by molar-refractivity contribution is 6.30. The molecule has 0 spiro atoms. The summed E-state index contributed by atoms with van der Waals surface area (Å²) in [7, 11) is 0. The second-order valence-corrected chi connectivity index (χ2v) is 8.88. The fraction of sp³-hybridized carbons (Fsp3) is 0.360. The molecule has 0 bridgehead atoms. The molecule has 0 aliphatic heterocycles. The van der Waals surface area contributed by atoms with E-state index in [1.165, 1.54) is 18.4 Å². The number of nitrogens with two attached hydrogens (primary N) is 1. The fourth-order valence-corrected chi connectivity index (χ4v) is 4.43. The smallest absolute Gasteiger partial charge is 0.152 e. The highest BCUT2D eigenvalue weighted by atomic mass is 35.5. The zero-order chi connectivity index (χ0) is 21.1. The number of nitrogens with one attached hydrogen (secondary N) is 1. The third-order valence-corrected chi connectivity index (χ3v) is 6.31. The predicted molar refractivity (Wildman–Crippen MR) is 141 cm³/mol. The lowest BCUT2D eigenvalue weighted by Crippen LogP contribution is -2.41. The quantitative estimate of drug-likeness (QED) is 0.299. The predicted octanol–water partition coefficient (Wildman–Crippen LogP) is 6.91. The van der Waals surface area contributed by atoms with Gasteiger partial charge in [-0.2, -0.15) is 0 Å². The Morgan fingerprint density at radius 3 is 2.41 bits per heavy atom. The van der Waals surface area contributed by atoms with Gasteiger partial charge in [-0.05, 0) is 60.2 Å². The van der Waals surface area contributed by atoms with Crippen LogP contribution in [0.25, 0.3) is 23.1 Å². The average Bonchev–Trinajstić information content (AvgIpc) is 2.77. The first-order valence-corrected chi connectivity index (χ1v) is 11.1. The van der Waals surface area contributed by atoms with Gasteiger partial charge in [0.1, 0.15) is 0 Å².